The van der Waals surface area contributed by atoms with E-state index in [0.29, 0.717) is 19.3 Å². The minimum atomic E-state index is -0.763. The normalized spacial score (nSPS) is 12.5. The molecule has 0 aliphatic rings. The average Bonchev–Trinajstić information content (AvgIpc) is 3.28. The van der Waals surface area contributed by atoms with Crippen molar-refractivity contribution >= 4 is 17.9 Å². The van der Waals surface area contributed by atoms with Gasteiger partial charge in [-0.1, -0.05) is 285 Å². The molecule has 0 bridgehead atoms. The Morgan fingerprint density at radius 3 is 0.891 bits per heavy atom. The van der Waals surface area contributed by atoms with Crippen molar-refractivity contribution in [1.29, 1.82) is 0 Å². The molecule has 0 aliphatic carbocycles. The van der Waals surface area contributed by atoms with E-state index in [9.17, 15) is 14.4 Å². The van der Waals surface area contributed by atoms with Crippen LogP contribution in [0.2, 0.25) is 0 Å². The summed E-state index contributed by atoms with van der Waals surface area (Å²) in [5.41, 5.74) is 0. The van der Waals surface area contributed by atoms with Gasteiger partial charge in [-0.25, -0.2) is 0 Å². The third-order valence-electron chi connectivity index (χ3n) is 13.6. The van der Waals surface area contributed by atoms with Gasteiger partial charge in [0.05, 0.1) is 0 Å². The third-order valence-corrected chi connectivity index (χ3v) is 13.6. The minimum absolute atomic E-state index is 0.0629. The summed E-state index contributed by atoms with van der Waals surface area (Å²) in [5, 5.41) is 0. The molecule has 1 unspecified atom stereocenters. The lowest BCUT2D eigenvalue weighted by Crippen LogP contribution is -2.30. The highest BCUT2D eigenvalue weighted by molar-refractivity contribution is 5.71. The second kappa shape index (κ2) is 50.8. The van der Waals surface area contributed by atoms with Crippen molar-refractivity contribution in [3.8, 4) is 0 Å². The van der Waals surface area contributed by atoms with Crippen LogP contribution in [0.25, 0.3) is 0 Å². The Kier molecular flexibility index (Phi) is 49.6. The molecule has 0 saturated heterocycles. The molecule has 6 heteroatoms. The lowest BCUT2D eigenvalue weighted by molar-refractivity contribution is -0.167. The molecule has 0 fully saturated rings. The van der Waals surface area contributed by atoms with Gasteiger partial charge in [-0.15, -0.1) is 0 Å². The van der Waals surface area contributed by atoms with Crippen molar-refractivity contribution in [2.45, 2.75) is 330 Å². The Hall–Kier alpha value is -1.59. The van der Waals surface area contributed by atoms with Crippen molar-refractivity contribution in [1.82, 2.24) is 0 Å². The van der Waals surface area contributed by atoms with Crippen LogP contribution in [0, 0.1) is 11.8 Å². The smallest absolute Gasteiger partial charge is 0.306 e. The van der Waals surface area contributed by atoms with Gasteiger partial charge in [0, 0.05) is 19.3 Å². The Balaban J connectivity index is 4.31. The SMILES string of the molecule is CCCCCCCCCCCCCCCCCCC(=O)O[C@@H](COC(=O)CCCCCCCCCCCCCCCC(C)C)COC(=O)CCCCCCCCCCCCC(C)CC. The maximum absolute atomic E-state index is 12.8. The monoisotopic (exact) mass is 905 g/mol. The van der Waals surface area contributed by atoms with Crippen molar-refractivity contribution < 1.29 is 28.6 Å². The van der Waals surface area contributed by atoms with Crippen LogP contribution in [0.4, 0.5) is 0 Å². The summed E-state index contributed by atoms with van der Waals surface area (Å²) in [6.07, 6.45) is 53.7. The molecule has 6 nitrogen and oxygen atoms in total. The Labute approximate surface area is 399 Å². The van der Waals surface area contributed by atoms with E-state index in [1.54, 1.807) is 0 Å². The van der Waals surface area contributed by atoms with Crippen LogP contribution in [-0.2, 0) is 28.6 Å². The van der Waals surface area contributed by atoms with Crippen molar-refractivity contribution in [2.75, 3.05) is 13.2 Å². The van der Waals surface area contributed by atoms with Crippen LogP contribution in [0.5, 0.6) is 0 Å². The number of unbranched alkanes of at least 4 members (excludes halogenated alkanes) is 36. The first kappa shape index (κ1) is 62.4. The lowest BCUT2D eigenvalue weighted by atomic mass is 9.99. The van der Waals surface area contributed by atoms with E-state index in [-0.39, 0.29) is 31.1 Å². The average molecular weight is 906 g/mol. The number of rotatable bonds is 52. The quantitative estimate of drug-likeness (QED) is 0.0344. The summed E-state index contributed by atoms with van der Waals surface area (Å²) in [6, 6.07) is 0. The van der Waals surface area contributed by atoms with Gasteiger partial charge in [-0.3, -0.25) is 14.4 Å². The summed E-state index contributed by atoms with van der Waals surface area (Å²) in [7, 11) is 0. The summed E-state index contributed by atoms with van der Waals surface area (Å²) in [5.74, 6) is 0.870. The van der Waals surface area contributed by atoms with Crippen molar-refractivity contribution in [3.63, 3.8) is 0 Å². The highest BCUT2D eigenvalue weighted by Crippen LogP contribution is 2.18. The van der Waals surface area contributed by atoms with Gasteiger partial charge in [-0.05, 0) is 31.1 Å². The van der Waals surface area contributed by atoms with E-state index >= 15 is 0 Å². The maximum Gasteiger partial charge on any atom is 0.306 e. The summed E-state index contributed by atoms with van der Waals surface area (Å²) < 4.78 is 16.9. The number of hydrogen-bond acceptors (Lipinski definition) is 6. The van der Waals surface area contributed by atoms with Crippen LogP contribution < -0.4 is 0 Å². The van der Waals surface area contributed by atoms with Crippen LogP contribution in [0.1, 0.15) is 324 Å². The standard InChI is InChI=1S/C58H112O6/c1-6-8-9-10-11-12-13-14-15-16-19-23-30-35-40-45-50-58(61)64-55(52-63-57(60)49-44-39-34-29-25-24-27-32-37-42-47-54(5)7-2)51-62-56(59)48-43-38-33-28-22-20-17-18-21-26-31-36-41-46-53(3)4/h53-55H,6-52H2,1-5H3/t54?,55-/m0/s1. The molecule has 380 valence electrons. The van der Waals surface area contributed by atoms with E-state index < -0.39 is 6.10 Å². The fourth-order valence-electron chi connectivity index (χ4n) is 8.84. The first-order valence-electron chi connectivity index (χ1n) is 28.8. The predicted octanol–water partition coefficient (Wildman–Crippen LogP) is 18.9. The van der Waals surface area contributed by atoms with Gasteiger partial charge in [0.1, 0.15) is 13.2 Å². The number of esters is 3. The third kappa shape index (κ3) is 49.8. The molecule has 0 amide bonds. The highest BCUT2D eigenvalue weighted by atomic mass is 16.6. The first-order valence-corrected chi connectivity index (χ1v) is 28.8. The zero-order valence-electron chi connectivity index (χ0n) is 43.9. The number of hydrogen-bond donors (Lipinski definition) is 0. The fraction of sp³-hybridized carbons (Fsp3) is 0.948. The van der Waals surface area contributed by atoms with E-state index in [0.717, 1.165) is 69.6 Å². The van der Waals surface area contributed by atoms with Crippen molar-refractivity contribution in [2.24, 2.45) is 11.8 Å². The predicted molar refractivity (Wildman–Crippen MR) is 275 cm³/mol. The molecule has 0 spiro atoms. The number of carbonyl (C=O) groups excluding carboxylic acids is 3. The molecule has 0 aromatic heterocycles. The van der Waals surface area contributed by atoms with E-state index in [4.69, 9.17) is 14.2 Å². The Morgan fingerprint density at radius 2 is 0.594 bits per heavy atom. The summed E-state index contributed by atoms with van der Waals surface area (Å²) >= 11 is 0. The molecule has 0 heterocycles. The van der Waals surface area contributed by atoms with Crippen molar-refractivity contribution in [3.05, 3.63) is 0 Å². The summed E-state index contributed by atoms with van der Waals surface area (Å²) in [4.78, 5) is 38.1. The van der Waals surface area contributed by atoms with E-state index in [1.165, 1.54) is 212 Å². The number of ether oxygens (including phenoxy) is 3. The largest absolute Gasteiger partial charge is 0.462 e. The molecule has 0 saturated carbocycles. The fourth-order valence-corrected chi connectivity index (χ4v) is 8.84. The van der Waals surface area contributed by atoms with Gasteiger partial charge in [-0.2, -0.15) is 0 Å². The number of carbonyl (C=O) groups is 3. The molecule has 2 atom stereocenters. The first-order chi connectivity index (χ1) is 31.3. The molecular weight excluding hydrogens is 793 g/mol. The van der Waals surface area contributed by atoms with Gasteiger partial charge >= 0.3 is 17.9 Å². The van der Waals surface area contributed by atoms with E-state index in [1.807, 2.05) is 0 Å². The van der Waals surface area contributed by atoms with Crippen LogP contribution in [0.15, 0.2) is 0 Å². The zero-order chi connectivity index (χ0) is 46.8. The topological polar surface area (TPSA) is 78.9 Å². The highest BCUT2D eigenvalue weighted by Gasteiger charge is 2.19. The second-order valence-corrected chi connectivity index (χ2v) is 20.6. The molecule has 0 aromatic rings. The molecule has 0 aliphatic heterocycles. The zero-order valence-corrected chi connectivity index (χ0v) is 43.9. The van der Waals surface area contributed by atoms with Crippen LogP contribution in [-0.4, -0.2) is 37.2 Å². The Morgan fingerprint density at radius 1 is 0.328 bits per heavy atom. The lowest BCUT2D eigenvalue weighted by Gasteiger charge is -2.18. The maximum atomic E-state index is 12.8. The van der Waals surface area contributed by atoms with Gasteiger partial charge in [0.2, 0.25) is 0 Å². The molecule has 0 radical (unpaired) electrons. The molecular formula is C58H112O6. The van der Waals surface area contributed by atoms with E-state index in [2.05, 4.69) is 34.6 Å². The molecule has 64 heavy (non-hydrogen) atoms. The molecule has 0 N–H and O–H groups in total. The Bertz CT molecular complexity index is 980. The molecule has 0 aromatic carbocycles. The van der Waals surface area contributed by atoms with Crippen LogP contribution in [0.3, 0.4) is 0 Å². The molecule has 0 rings (SSSR count). The van der Waals surface area contributed by atoms with Crippen LogP contribution >= 0.6 is 0 Å². The minimum Gasteiger partial charge on any atom is -0.462 e. The summed E-state index contributed by atoms with van der Waals surface area (Å²) in [6.45, 7) is 11.4. The van der Waals surface area contributed by atoms with Gasteiger partial charge in [0.25, 0.3) is 0 Å². The van der Waals surface area contributed by atoms with Gasteiger partial charge < -0.3 is 14.2 Å². The van der Waals surface area contributed by atoms with Gasteiger partial charge in [0.15, 0.2) is 6.10 Å². The second-order valence-electron chi connectivity index (χ2n) is 20.6.